The molecule has 0 spiro atoms. The zero-order valence-electron chi connectivity index (χ0n) is 10.9. The molecule has 3 rings (SSSR count). The molecule has 2 aliphatic rings. The van der Waals surface area contributed by atoms with Gasteiger partial charge in [-0.05, 0) is 18.6 Å². The largest absolute Gasteiger partial charge is 0.482 e. The fraction of sp³-hybridized carbons (Fsp3) is 0.500. The zero-order chi connectivity index (χ0) is 14.1. The monoisotopic (exact) mass is 296 g/mol. The molecule has 6 heteroatoms. The molecule has 108 valence electrons. The summed E-state index contributed by atoms with van der Waals surface area (Å²) in [5.41, 5.74) is 6.03. The lowest BCUT2D eigenvalue weighted by Crippen LogP contribution is -2.69. The van der Waals surface area contributed by atoms with Gasteiger partial charge in [-0.3, -0.25) is 4.79 Å². The molecular weight excluding hydrogens is 280 g/mol. The Hall–Kier alpha value is -1.30. The topological polar surface area (TPSA) is 73.6 Å². The number of carbonyl (C=O) groups excluding carboxylic acids is 1. The van der Waals surface area contributed by atoms with E-state index in [2.05, 4.69) is 5.32 Å². The first-order valence-electron chi connectivity index (χ1n) is 6.70. The van der Waals surface area contributed by atoms with Crippen molar-refractivity contribution in [2.75, 3.05) is 13.2 Å². The lowest BCUT2D eigenvalue weighted by atomic mass is 9.72. The lowest BCUT2D eigenvalue weighted by Gasteiger charge is -2.45. The number of para-hydroxylation sites is 1. The third kappa shape index (κ3) is 2.49. The number of nitrogens with two attached hydrogens (primary N) is 1. The van der Waals surface area contributed by atoms with E-state index in [1.807, 2.05) is 0 Å². The van der Waals surface area contributed by atoms with Gasteiger partial charge in [-0.2, -0.15) is 0 Å². The van der Waals surface area contributed by atoms with Crippen LogP contribution in [-0.2, 0) is 9.53 Å². The maximum absolute atomic E-state index is 11.9. The number of hydrogen-bond donors (Lipinski definition) is 2. The van der Waals surface area contributed by atoms with Crippen molar-refractivity contribution in [3.8, 4) is 5.75 Å². The molecule has 1 aromatic carbocycles. The molecule has 1 heterocycles. The van der Waals surface area contributed by atoms with E-state index < -0.39 is 0 Å². The Bertz CT molecular complexity index is 511. The van der Waals surface area contributed by atoms with Gasteiger partial charge in [0, 0.05) is 18.6 Å². The van der Waals surface area contributed by atoms with Gasteiger partial charge < -0.3 is 20.5 Å². The normalized spacial score (nSPS) is 31.3. The van der Waals surface area contributed by atoms with Gasteiger partial charge in [-0.1, -0.05) is 23.7 Å². The van der Waals surface area contributed by atoms with Crippen LogP contribution in [-0.4, -0.2) is 37.3 Å². The van der Waals surface area contributed by atoms with Gasteiger partial charge in [0.1, 0.15) is 5.75 Å². The summed E-state index contributed by atoms with van der Waals surface area (Å²) in [6.45, 7) is 0.649. The van der Waals surface area contributed by atoms with Crippen LogP contribution in [0.1, 0.15) is 6.42 Å². The molecule has 3 N–H and O–H groups in total. The number of hydrogen-bond acceptors (Lipinski definition) is 4. The van der Waals surface area contributed by atoms with E-state index in [1.54, 1.807) is 24.3 Å². The van der Waals surface area contributed by atoms with Crippen molar-refractivity contribution in [3.05, 3.63) is 29.3 Å². The zero-order valence-corrected chi connectivity index (χ0v) is 11.7. The highest BCUT2D eigenvalue weighted by Gasteiger charge is 2.52. The highest BCUT2D eigenvalue weighted by Crippen LogP contribution is 2.37. The van der Waals surface area contributed by atoms with Crippen LogP contribution in [0.5, 0.6) is 5.75 Å². The van der Waals surface area contributed by atoms with E-state index in [1.165, 1.54) is 0 Å². The number of benzene rings is 1. The quantitative estimate of drug-likeness (QED) is 0.867. The molecule has 0 bridgehead atoms. The summed E-state index contributed by atoms with van der Waals surface area (Å²) in [6, 6.07) is 6.92. The summed E-state index contributed by atoms with van der Waals surface area (Å²) in [4.78, 5) is 11.9. The second kappa shape index (κ2) is 5.60. The molecule has 5 nitrogen and oxygen atoms in total. The van der Waals surface area contributed by atoms with Crippen molar-refractivity contribution in [2.45, 2.75) is 24.6 Å². The third-order valence-electron chi connectivity index (χ3n) is 3.97. The Kier molecular flexibility index (Phi) is 3.83. The lowest BCUT2D eigenvalue weighted by molar-refractivity contribution is -0.127. The highest BCUT2D eigenvalue weighted by atomic mass is 35.5. The first kappa shape index (κ1) is 13.7. The molecule has 0 aromatic heterocycles. The van der Waals surface area contributed by atoms with E-state index in [4.69, 9.17) is 26.8 Å². The smallest absolute Gasteiger partial charge is 0.258 e. The van der Waals surface area contributed by atoms with Crippen molar-refractivity contribution in [1.29, 1.82) is 0 Å². The van der Waals surface area contributed by atoms with Crippen LogP contribution in [0, 0.1) is 5.92 Å². The standard InChI is InChI=1S/C14H17ClN2O3/c15-9-3-1-2-4-10(9)20-7-11(18)17-13-12(16)8-5-6-19-14(8)13/h1-4,8,12-14H,5-7,16H2,(H,17,18)/t8-,12+,13-,14-/m0/s1. The summed E-state index contributed by atoms with van der Waals surface area (Å²) in [6.07, 6.45) is 1.04. The average molecular weight is 297 g/mol. The molecule has 1 aromatic rings. The van der Waals surface area contributed by atoms with Gasteiger partial charge in [0.25, 0.3) is 5.91 Å². The van der Waals surface area contributed by atoms with Gasteiger partial charge >= 0.3 is 0 Å². The minimum Gasteiger partial charge on any atom is -0.482 e. The Morgan fingerprint density at radius 3 is 3.10 bits per heavy atom. The molecule has 4 atom stereocenters. The molecule has 1 saturated carbocycles. The van der Waals surface area contributed by atoms with Crippen molar-refractivity contribution < 1.29 is 14.3 Å². The van der Waals surface area contributed by atoms with Crippen LogP contribution in [0.4, 0.5) is 0 Å². The summed E-state index contributed by atoms with van der Waals surface area (Å²) >= 11 is 5.95. The molecule has 2 fully saturated rings. The Labute approximate surface area is 122 Å². The third-order valence-corrected chi connectivity index (χ3v) is 4.28. The van der Waals surface area contributed by atoms with Crippen LogP contribution >= 0.6 is 11.6 Å². The number of fused-ring (bicyclic) bond motifs is 1. The van der Waals surface area contributed by atoms with Gasteiger partial charge in [0.2, 0.25) is 0 Å². The van der Waals surface area contributed by atoms with Crippen molar-refractivity contribution in [3.63, 3.8) is 0 Å². The maximum Gasteiger partial charge on any atom is 0.258 e. The fourth-order valence-electron chi connectivity index (χ4n) is 2.86. The molecule has 1 amide bonds. The highest BCUT2D eigenvalue weighted by molar-refractivity contribution is 6.32. The summed E-state index contributed by atoms with van der Waals surface area (Å²) in [5.74, 6) is 0.668. The Morgan fingerprint density at radius 2 is 2.30 bits per heavy atom. The van der Waals surface area contributed by atoms with Crippen molar-refractivity contribution >= 4 is 17.5 Å². The Balaban J connectivity index is 1.50. The van der Waals surface area contributed by atoms with Crippen LogP contribution in [0.3, 0.4) is 0 Å². The van der Waals surface area contributed by atoms with Crippen molar-refractivity contribution in [1.82, 2.24) is 5.32 Å². The van der Waals surface area contributed by atoms with Crippen molar-refractivity contribution in [2.24, 2.45) is 11.7 Å². The van der Waals surface area contributed by atoms with Gasteiger partial charge in [-0.25, -0.2) is 0 Å². The van der Waals surface area contributed by atoms with E-state index in [0.717, 1.165) is 13.0 Å². The molecule has 1 aliphatic carbocycles. The Morgan fingerprint density at radius 1 is 1.50 bits per heavy atom. The summed E-state index contributed by atoms with van der Waals surface area (Å²) in [5, 5.41) is 3.36. The number of ether oxygens (including phenoxy) is 2. The SMILES string of the molecule is N[C@@H]1[C@@H]2CCO[C@@H]2[C@H]1NC(=O)COc1ccccc1Cl. The van der Waals surface area contributed by atoms with E-state index in [-0.39, 0.29) is 30.7 Å². The van der Waals surface area contributed by atoms with Crippen LogP contribution < -0.4 is 15.8 Å². The number of rotatable bonds is 4. The van der Waals surface area contributed by atoms with Crippen LogP contribution in [0.25, 0.3) is 0 Å². The van der Waals surface area contributed by atoms with Gasteiger partial charge in [0.15, 0.2) is 6.61 Å². The molecule has 1 saturated heterocycles. The van der Waals surface area contributed by atoms with E-state index in [0.29, 0.717) is 16.7 Å². The first-order chi connectivity index (χ1) is 9.66. The second-order valence-corrected chi connectivity index (χ2v) is 5.58. The molecule has 20 heavy (non-hydrogen) atoms. The number of amides is 1. The minimum absolute atomic E-state index is 0.0215. The summed E-state index contributed by atoms with van der Waals surface area (Å²) in [7, 11) is 0. The molecular formula is C14H17ClN2O3. The average Bonchev–Trinajstić information content (AvgIpc) is 2.88. The molecule has 0 radical (unpaired) electrons. The van der Waals surface area contributed by atoms with Crippen LogP contribution in [0.15, 0.2) is 24.3 Å². The van der Waals surface area contributed by atoms with Gasteiger partial charge in [0.05, 0.1) is 17.2 Å². The minimum atomic E-state index is -0.209. The second-order valence-electron chi connectivity index (χ2n) is 5.18. The van der Waals surface area contributed by atoms with Gasteiger partial charge in [-0.15, -0.1) is 0 Å². The number of halogens is 1. The first-order valence-corrected chi connectivity index (χ1v) is 7.08. The molecule has 1 aliphatic heterocycles. The predicted molar refractivity (Wildman–Crippen MR) is 74.7 cm³/mol. The predicted octanol–water partition coefficient (Wildman–Crippen LogP) is 0.950. The van der Waals surface area contributed by atoms with E-state index >= 15 is 0 Å². The fourth-order valence-corrected chi connectivity index (χ4v) is 3.05. The summed E-state index contributed by atoms with van der Waals surface area (Å²) < 4.78 is 11.0. The maximum atomic E-state index is 11.9. The molecule has 0 unspecified atom stereocenters. The van der Waals surface area contributed by atoms with E-state index in [9.17, 15) is 4.79 Å². The van der Waals surface area contributed by atoms with Crippen LogP contribution in [0.2, 0.25) is 5.02 Å². The number of carbonyl (C=O) groups is 1. The number of nitrogens with one attached hydrogen (secondary N) is 1.